The fraction of sp³-hybridized carbons (Fsp3) is 0.448. The van der Waals surface area contributed by atoms with Gasteiger partial charge >= 0.3 is 6.09 Å². The van der Waals surface area contributed by atoms with Crippen LogP contribution in [0.25, 0.3) is 0 Å². The summed E-state index contributed by atoms with van der Waals surface area (Å²) in [5, 5.41) is 15.3. The second-order valence-corrected chi connectivity index (χ2v) is 10.6. The zero-order valence-corrected chi connectivity index (χ0v) is 23.8. The van der Waals surface area contributed by atoms with Gasteiger partial charge < -0.3 is 31.1 Å². The Bertz CT molecular complexity index is 1180. The van der Waals surface area contributed by atoms with E-state index in [4.69, 9.17) is 10.5 Å². The Balaban J connectivity index is 2.62. The summed E-state index contributed by atoms with van der Waals surface area (Å²) >= 11 is 0. The minimum atomic E-state index is -1.43. The number of hydrogen-bond donors (Lipinski definition) is 4. The number of nitrogens with one attached hydrogen (secondary N) is 2. The fourth-order valence-corrected chi connectivity index (χ4v) is 4.42. The normalized spacial score (nSPS) is 12.7. The molecule has 0 fully saturated rings. The van der Waals surface area contributed by atoms with Crippen molar-refractivity contribution in [2.45, 2.75) is 72.6 Å². The molecule has 2 aromatic carbocycles. The van der Waals surface area contributed by atoms with Crippen LogP contribution in [-0.2, 0) is 19.1 Å². The molecule has 0 aliphatic carbocycles. The number of alkyl carbamates (subject to hydrolysis) is 1. The molecule has 0 saturated carbocycles. The van der Waals surface area contributed by atoms with Gasteiger partial charge in [0.15, 0.2) is 0 Å². The maximum Gasteiger partial charge on any atom is 0.408 e. The molecule has 0 aliphatic rings. The molecule has 10 nitrogen and oxygen atoms in total. The van der Waals surface area contributed by atoms with Gasteiger partial charge in [0.2, 0.25) is 11.8 Å². The molecule has 2 unspecified atom stereocenters. The molecule has 0 saturated heterocycles. The zero-order chi connectivity index (χ0) is 29.5. The molecule has 5 N–H and O–H groups in total. The van der Waals surface area contributed by atoms with E-state index in [0.717, 1.165) is 22.3 Å². The van der Waals surface area contributed by atoms with Crippen LogP contribution in [0.5, 0.6) is 0 Å². The van der Waals surface area contributed by atoms with Crippen LogP contribution in [0.2, 0.25) is 0 Å². The second-order valence-electron chi connectivity index (χ2n) is 10.6. The first kappa shape index (κ1) is 31.3. The monoisotopic (exact) mass is 540 g/mol. The van der Waals surface area contributed by atoms with Crippen molar-refractivity contribution in [2.24, 2.45) is 5.73 Å². The number of rotatable bonds is 10. The summed E-state index contributed by atoms with van der Waals surface area (Å²) in [5.74, 6) is -2.11. The first-order valence-electron chi connectivity index (χ1n) is 12.8. The van der Waals surface area contributed by atoms with Crippen LogP contribution in [0.15, 0.2) is 36.4 Å². The number of carbonyl (C=O) groups is 4. The first-order valence-corrected chi connectivity index (χ1v) is 12.8. The largest absolute Gasteiger partial charge is 0.444 e. The van der Waals surface area contributed by atoms with Crippen LogP contribution in [0.3, 0.4) is 0 Å². The molecule has 2 aromatic rings. The van der Waals surface area contributed by atoms with Gasteiger partial charge in [0.05, 0.1) is 13.0 Å². The topological polar surface area (TPSA) is 151 Å². The van der Waals surface area contributed by atoms with Gasteiger partial charge in [-0.15, -0.1) is 0 Å². The lowest BCUT2D eigenvalue weighted by atomic mass is 9.93. The smallest absolute Gasteiger partial charge is 0.408 e. The van der Waals surface area contributed by atoms with Crippen LogP contribution < -0.4 is 16.4 Å². The number of anilines is 1. The van der Waals surface area contributed by atoms with E-state index in [2.05, 4.69) is 10.6 Å². The average Bonchev–Trinajstić information content (AvgIpc) is 2.80. The Labute approximate surface area is 229 Å². The summed E-state index contributed by atoms with van der Waals surface area (Å²) in [6, 6.07) is 8.46. The second kappa shape index (κ2) is 13.2. The maximum absolute atomic E-state index is 14.0. The van der Waals surface area contributed by atoms with Crippen LogP contribution in [-0.4, -0.2) is 58.6 Å². The number of ether oxygens (including phenoxy) is 1. The molecule has 39 heavy (non-hydrogen) atoms. The van der Waals surface area contributed by atoms with E-state index in [1.165, 1.54) is 4.90 Å². The van der Waals surface area contributed by atoms with Gasteiger partial charge in [-0.3, -0.25) is 14.4 Å². The van der Waals surface area contributed by atoms with E-state index >= 15 is 0 Å². The molecular weight excluding hydrogens is 500 g/mol. The quantitative estimate of drug-likeness (QED) is 0.363. The predicted molar refractivity (Wildman–Crippen MR) is 149 cm³/mol. The summed E-state index contributed by atoms with van der Waals surface area (Å²) in [6.07, 6.45) is -1.45. The Hall–Kier alpha value is -3.92. The van der Waals surface area contributed by atoms with Gasteiger partial charge in [-0.05, 0) is 76.3 Å². The molecule has 0 heterocycles. The molecule has 0 aromatic heterocycles. The highest BCUT2D eigenvalue weighted by molar-refractivity contribution is 6.00. The molecule has 10 heteroatoms. The van der Waals surface area contributed by atoms with Crippen LogP contribution in [0, 0.1) is 27.7 Å². The highest BCUT2D eigenvalue weighted by Crippen LogP contribution is 2.31. The van der Waals surface area contributed by atoms with E-state index in [1.807, 2.05) is 64.1 Å². The number of aliphatic hydroxyl groups excluding tert-OH is 1. The van der Waals surface area contributed by atoms with Crippen molar-refractivity contribution in [1.82, 2.24) is 10.2 Å². The summed E-state index contributed by atoms with van der Waals surface area (Å²) < 4.78 is 5.27. The number of primary amides is 1. The van der Waals surface area contributed by atoms with Crippen LogP contribution in [0.1, 0.15) is 61.1 Å². The highest BCUT2D eigenvalue weighted by Gasteiger charge is 2.38. The molecule has 2 rings (SSSR count). The fourth-order valence-electron chi connectivity index (χ4n) is 4.42. The van der Waals surface area contributed by atoms with Crippen molar-refractivity contribution in [3.05, 3.63) is 64.2 Å². The average molecular weight is 541 g/mol. The molecule has 0 spiro atoms. The number of para-hydroxylation sites is 1. The molecule has 0 bridgehead atoms. The van der Waals surface area contributed by atoms with Crippen molar-refractivity contribution in [1.29, 1.82) is 0 Å². The van der Waals surface area contributed by atoms with Crippen LogP contribution >= 0.6 is 0 Å². The lowest BCUT2D eigenvalue weighted by molar-refractivity contribution is -0.142. The lowest BCUT2D eigenvalue weighted by Crippen LogP contribution is -2.54. The van der Waals surface area contributed by atoms with Gasteiger partial charge in [-0.25, -0.2) is 4.79 Å². The molecule has 4 amide bonds. The summed E-state index contributed by atoms with van der Waals surface area (Å²) in [5.41, 5.74) is 8.89. The van der Waals surface area contributed by atoms with Gasteiger partial charge in [0.25, 0.3) is 5.91 Å². The Kier molecular flexibility index (Phi) is 10.6. The number of aryl methyl sites for hydroxylation is 4. The Morgan fingerprint density at radius 3 is 1.92 bits per heavy atom. The molecule has 212 valence electrons. The van der Waals surface area contributed by atoms with E-state index < -0.39 is 54.5 Å². The number of aliphatic hydroxyl groups is 1. The summed E-state index contributed by atoms with van der Waals surface area (Å²) in [7, 11) is 0. The van der Waals surface area contributed by atoms with Gasteiger partial charge in [-0.2, -0.15) is 0 Å². The van der Waals surface area contributed by atoms with Crippen molar-refractivity contribution >= 4 is 29.5 Å². The summed E-state index contributed by atoms with van der Waals surface area (Å²) in [6.45, 7) is 11.6. The third-order valence-electron chi connectivity index (χ3n) is 6.12. The molecule has 0 radical (unpaired) electrons. The molecule has 0 aliphatic heterocycles. The number of benzene rings is 2. The van der Waals surface area contributed by atoms with Crippen molar-refractivity contribution in [3.63, 3.8) is 0 Å². The Morgan fingerprint density at radius 1 is 0.949 bits per heavy atom. The van der Waals surface area contributed by atoms with Gasteiger partial charge in [0, 0.05) is 12.2 Å². The van der Waals surface area contributed by atoms with Crippen molar-refractivity contribution in [2.75, 3.05) is 18.5 Å². The Morgan fingerprint density at radius 2 is 1.46 bits per heavy atom. The zero-order valence-electron chi connectivity index (χ0n) is 23.8. The highest BCUT2D eigenvalue weighted by atomic mass is 16.6. The van der Waals surface area contributed by atoms with E-state index in [1.54, 1.807) is 20.8 Å². The van der Waals surface area contributed by atoms with Gasteiger partial charge in [-0.1, -0.05) is 36.4 Å². The minimum absolute atomic E-state index is 0.247. The van der Waals surface area contributed by atoms with E-state index in [0.29, 0.717) is 11.3 Å². The number of amides is 4. The van der Waals surface area contributed by atoms with Crippen molar-refractivity contribution < 1.29 is 29.0 Å². The number of nitrogens with two attached hydrogens (primary N) is 1. The first-order chi connectivity index (χ1) is 18.2. The summed E-state index contributed by atoms with van der Waals surface area (Å²) in [4.78, 5) is 53.6. The van der Waals surface area contributed by atoms with Gasteiger partial charge in [0.1, 0.15) is 17.7 Å². The lowest BCUT2D eigenvalue weighted by Gasteiger charge is -2.35. The molecular formula is C29H40N4O6. The predicted octanol–water partition coefficient (Wildman–Crippen LogP) is 3.19. The van der Waals surface area contributed by atoms with Crippen LogP contribution in [0.4, 0.5) is 10.5 Å². The standard InChI is InChI=1S/C29H40N4O6/c1-17-10-8-11-18(2)23(17)25(26(36)32-24-19(3)12-9-13-20(24)4)33(14-15-34)27(37)21(16-22(30)35)31-28(38)39-29(5,6)7/h8-13,21,25,34H,14-16H2,1-7H3,(H2,30,35)(H,31,38)(H,32,36). The van der Waals surface area contributed by atoms with E-state index in [9.17, 15) is 24.3 Å². The number of nitrogens with zero attached hydrogens (tertiary/aromatic N) is 1. The minimum Gasteiger partial charge on any atom is -0.444 e. The maximum atomic E-state index is 14.0. The third-order valence-corrected chi connectivity index (χ3v) is 6.12. The van der Waals surface area contributed by atoms with Crippen molar-refractivity contribution in [3.8, 4) is 0 Å². The third kappa shape index (κ3) is 8.54. The van der Waals surface area contributed by atoms with E-state index in [-0.39, 0.29) is 6.54 Å². The molecule has 2 atom stereocenters. The SMILES string of the molecule is Cc1cccc(C)c1NC(=O)C(c1c(C)cccc1C)N(CCO)C(=O)C(CC(N)=O)NC(=O)OC(C)(C)C. The number of carbonyl (C=O) groups excluding carboxylic acids is 4. The number of hydrogen-bond acceptors (Lipinski definition) is 6.